The number of hydrogen-bond acceptors (Lipinski definition) is 7. The molecule has 0 aromatic heterocycles. The summed E-state index contributed by atoms with van der Waals surface area (Å²) in [5.41, 5.74) is 2.23. The van der Waals surface area contributed by atoms with Crippen molar-refractivity contribution in [3.63, 3.8) is 0 Å². The fourth-order valence-corrected chi connectivity index (χ4v) is 25.8. The summed E-state index contributed by atoms with van der Waals surface area (Å²) in [7, 11) is -3.47. The van der Waals surface area contributed by atoms with Crippen molar-refractivity contribution < 1.29 is 31.9 Å². The van der Waals surface area contributed by atoms with Crippen LogP contribution in [0.25, 0.3) is 0 Å². The van der Waals surface area contributed by atoms with Gasteiger partial charge in [-0.1, -0.05) is 66.7 Å². The average molecular weight is 1030 g/mol. The molecule has 0 saturated heterocycles. The van der Waals surface area contributed by atoms with E-state index in [0.29, 0.717) is 58.3 Å². The highest BCUT2D eigenvalue weighted by Gasteiger charge is 2.49. The summed E-state index contributed by atoms with van der Waals surface area (Å²) in [4.78, 5) is 0. The van der Waals surface area contributed by atoms with E-state index >= 15 is 4.57 Å². The first-order valence-corrected chi connectivity index (χ1v) is 35.0. The van der Waals surface area contributed by atoms with Crippen molar-refractivity contribution in [3.8, 4) is 0 Å². The quantitative estimate of drug-likeness (QED) is 0.142. The third-order valence-corrected chi connectivity index (χ3v) is 31.3. The minimum Gasteiger partial charge on any atom is -0.381 e. The molecule has 0 spiro atoms. The van der Waals surface area contributed by atoms with E-state index in [9.17, 15) is 8.42 Å². The van der Waals surface area contributed by atoms with E-state index < -0.39 is 17.0 Å². The van der Waals surface area contributed by atoms with Crippen molar-refractivity contribution in [2.24, 2.45) is 40.4 Å². The summed E-state index contributed by atoms with van der Waals surface area (Å²) in [6.45, 7) is 12.6. The summed E-state index contributed by atoms with van der Waals surface area (Å²) in [5.74, 6) is 3.91. The van der Waals surface area contributed by atoms with E-state index in [1.165, 1.54) is 135 Å². The van der Waals surface area contributed by atoms with Crippen LogP contribution < -0.4 is 0 Å². The van der Waals surface area contributed by atoms with Gasteiger partial charge in [-0.05, 0) is 246 Å². The Labute approximate surface area is 436 Å². The van der Waals surface area contributed by atoms with E-state index in [-0.39, 0.29) is 22.7 Å². The molecule has 9 fully saturated rings. The van der Waals surface area contributed by atoms with Crippen molar-refractivity contribution in [2.75, 3.05) is 7.11 Å². The molecule has 0 radical (unpaired) electrons. The average Bonchev–Trinajstić information content (AvgIpc) is 3.40. The molecule has 0 amide bonds. The molecule has 0 N–H and O–H groups in total. The largest absolute Gasteiger partial charge is 0.381 e. The standard InChI is InChI=1S/C62H109O7PS/c1-44-12-36-57(37-13-44)70(63,56-10-8-7-9-11-56)58-38-30-53(31-39-58)67-50-24-16-47(17-25-50)62(4,5)48-20-28-52(29-21-48)69-55-34-42-60(43-35-55)71(64,65)59-40-32-54(33-41-59)68-51-26-18-46(19-27-51)61(2,3)45-14-22-49(66-6)23-15-45/h44-60H,7-43H2,1-6H3. The van der Waals surface area contributed by atoms with Gasteiger partial charge in [0.2, 0.25) is 0 Å². The van der Waals surface area contributed by atoms with Gasteiger partial charge in [0.25, 0.3) is 0 Å². The van der Waals surface area contributed by atoms with Crippen LogP contribution in [0.1, 0.15) is 272 Å². The molecule has 0 aliphatic heterocycles. The number of sulfone groups is 1. The van der Waals surface area contributed by atoms with Gasteiger partial charge < -0.3 is 23.5 Å². The Balaban J connectivity index is 0.638. The van der Waals surface area contributed by atoms with Gasteiger partial charge in [0.1, 0.15) is 0 Å². The first kappa shape index (κ1) is 55.8. The lowest BCUT2D eigenvalue weighted by atomic mass is 9.60. The van der Waals surface area contributed by atoms with Crippen LogP contribution in [0, 0.1) is 40.4 Å². The molecule has 9 aliphatic rings. The summed E-state index contributed by atoms with van der Waals surface area (Å²) in [5, 5.41) is -0.375. The van der Waals surface area contributed by atoms with Gasteiger partial charge in [-0.2, -0.15) is 0 Å². The molecule has 9 aliphatic carbocycles. The second kappa shape index (κ2) is 24.8. The van der Waals surface area contributed by atoms with E-state index in [2.05, 4.69) is 34.6 Å². The van der Waals surface area contributed by atoms with Crippen molar-refractivity contribution in [3.05, 3.63) is 0 Å². The molecule has 1 atom stereocenters. The van der Waals surface area contributed by atoms with Crippen LogP contribution in [0.4, 0.5) is 0 Å². The maximum Gasteiger partial charge on any atom is 0.156 e. The molecular weight excluding hydrogens is 920 g/mol. The summed E-state index contributed by atoms with van der Waals surface area (Å²) >= 11 is 0. The third-order valence-electron chi connectivity index (χ3n) is 23.5. The zero-order valence-corrected chi connectivity index (χ0v) is 48.4. The van der Waals surface area contributed by atoms with Crippen LogP contribution in [0.2, 0.25) is 0 Å². The van der Waals surface area contributed by atoms with Gasteiger partial charge in [-0.3, -0.25) is 0 Å². The van der Waals surface area contributed by atoms with E-state index in [0.717, 1.165) is 132 Å². The maximum atomic E-state index is 15.4. The van der Waals surface area contributed by atoms with Gasteiger partial charge in [0.05, 0.1) is 60.4 Å². The SMILES string of the molecule is COC1CCC(C(C)(C)C2CCC(OC3CCC(S(=O)(=O)C4CCC(OC5CCC(C(C)(C)C6CCC(OC7CCC(P(=O)(C8CCCCC8)C8CCC(C)CC8)CC7)CC6)CC5)CC4)CC3)CC2)CC1. The zero-order chi connectivity index (χ0) is 49.8. The van der Waals surface area contributed by atoms with Crippen LogP contribution in [-0.4, -0.2) is 85.7 Å². The molecule has 0 heterocycles. The third kappa shape index (κ3) is 13.3. The van der Waals surface area contributed by atoms with Gasteiger partial charge in [0, 0.05) is 24.1 Å². The first-order valence-electron chi connectivity index (χ1n) is 31.4. The van der Waals surface area contributed by atoms with Crippen LogP contribution in [0.3, 0.4) is 0 Å². The normalized spacial score (nSPS) is 42.0. The fraction of sp³-hybridized carbons (Fsp3) is 1.00. The summed E-state index contributed by atoms with van der Waals surface area (Å²) in [6, 6.07) is 0. The lowest BCUT2D eigenvalue weighted by molar-refractivity contribution is -0.0776. The second-order valence-electron chi connectivity index (χ2n) is 28.0. The van der Waals surface area contributed by atoms with Crippen molar-refractivity contribution in [1.82, 2.24) is 0 Å². The molecule has 9 heteroatoms. The lowest BCUT2D eigenvalue weighted by Crippen LogP contribution is -2.42. The Kier molecular flexibility index (Phi) is 19.5. The number of ether oxygens (including phenoxy) is 4. The zero-order valence-electron chi connectivity index (χ0n) is 46.7. The Bertz CT molecular complexity index is 1750. The smallest absolute Gasteiger partial charge is 0.156 e. The van der Waals surface area contributed by atoms with E-state index in [4.69, 9.17) is 18.9 Å². The predicted octanol–water partition coefficient (Wildman–Crippen LogP) is 16.6. The highest BCUT2D eigenvalue weighted by molar-refractivity contribution is 7.92. The molecule has 7 nitrogen and oxygen atoms in total. The van der Waals surface area contributed by atoms with Gasteiger partial charge in [-0.15, -0.1) is 0 Å². The molecule has 71 heavy (non-hydrogen) atoms. The minimum atomic E-state index is -3.14. The van der Waals surface area contributed by atoms with Crippen LogP contribution >= 0.6 is 7.14 Å². The molecular formula is C62H109O7PS. The van der Waals surface area contributed by atoms with Crippen molar-refractivity contribution in [2.45, 2.75) is 342 Å². The van der Waals surface area contributed by atoms with Crippen molar-refractivity contribution >= 4 is 17.0 Å². The number of rotatable bonds is 16. The first-order chi connectivity index (χ1) is 34.1. The Morgan fingerprint density at radius 2 is 0.620 bits per heavy atom. The Morgan fingerprint density at radius 3 is 0.944 bits per heavy atom. The summed E-state index contributed by atoms with van der Waals surface area (Å²) in [6.07, 6.45) is 44.9. The Morgan fingerprint density at radius 1 is 0.352 bits per heavy atom. The molecule has 0 aromatic rings. The minimum absolute atomic E-state index is 0.186. The van der Waals surface area contributed by atoms with E-state index in [1.807, 2.05) is 7.11 Å². The van der Waals surface area contributed by atoms with Gasteiger partial charge in [0.15, 0.2) is 9.84 Å². The molecule has 410 valence electrons. The molecule has 1 unspecified atom stereocenters. The number of methoxy groups -OCH3 is 1. The topological polar surface area (TPSA) is 88.1 Å². The van der Waals surface area contributed by atoms with Gasteiger partial charge in [-0.25, -0.2) is 8.42 Å². The van der Waals surface area contributed by atoms with Crippen LogP contribution in [0.15, 0.2) is 0 Å². The predicted molar refractivity (Wildman–Crippen MR) is 294 cm³/mol. The maximum absolute atomic E-state index is 15.4. The molecule has 0 aromatic carbocycles. The molecule has 0 bridgehead atoms. The Hall–Kier alpha value is 0.0200. The van der Waals surface area contributed by atoms with Crippen LogP contribution in [-0.2, 0) is 33.3 Å². The van der Waals surface area contributed by atoms with Crippen LogP contribution in [0.5, 0.6) is 0 Å². The molecule has 9 rings (SSSR count). The lowest BCUT2D eigenvalue weighted by Gasteiger charge is -2.47. The summed E-state index contributed by atoms with van der Waals surface area (Å²) < 4.78 is 69.6. The van der Waals surface area contributed by atoms with Gasteiger partial charge >= 0.3 is 0 Å². The highest BCUT2D eigenvalue weighted by atomic mass is 32.2. The van der Waals surface area contributed by atoms with E-state index in [1.54, 1.807) is 0 Å². The fourth-order valence-electron chi connectivity index (χ4n) is 18.2. The number of hydrogen-bond donors (Lipinski definition) is 0. The second-order valence-corrected chi connectivity index (χ2v) is 34.2. The highest BCUT2D eigenvalue weighted by Crippen LogP contribution is 2.68. The molecule has 9 saturated carbocycles. The monoisotopic (exact) mass is 1030 g/mol. The van der Waals surface area contributed by atoms with Crippen molar-refractivity contribution in [1.29, 1.82) is 0 Å².